The minimum absolute atomic E-state index is 0.893. The van der Waals surface area contributed by atoms with Crippen LogP contribution in [0.25, 0.3) is 0 Å². The summed E-state index contributed by atoms with van der Waals surface area (Å²) in [5.41, 5.74) is 1.84. The van der Waals surface area contributed by atoms with E-state index in [2.05, 4.69) is 33.3 Å². The van der Waals surface area contributed by atoms with Crippen molar-refractivity contribution in [3.8, 4) is 0 Å². The van der Waals surface area contributed by atoms with Gasteiger partial charge in [-0.15, -0.1) is 13.2 Å². The molecule has 2 rings (SSSR count). The molecule has 2 heterocycles. The van der Waals surface area contributed by atoms with Crippen LogP contribution < -0.4 is 0 Å². The topological polar surface area (TPSA) is 71.7 Å². The van der Waals surface area contributed by atoms with Gasteiger partial charge in [0.05, 0.1) is 11.4 Å². The second-order valence-corrected chi connectivity index (χ2v) is 5.51. The molecule has 0 unspecified atom stereocenters. The molecule has 0 atom stereocenters. The van der Waals surface area contributed by atoms with Crippen molar-refractivity contribution in [2.75, 3.05) is 39.3 Å². The van der Waals surface area contributed by atoms with E-state index in [0.717, 1.165) is 76.4 Å². The van der Waals surface area contributed by atoms with E-state index >= 15 is 0 Å². The fraction of sp³-hybridized carbons (Fsp3) is 0.625. The molecule has 0 bridgehead atoms. The molecule has 2 saturated heterocycles. The van der Waals surface area contributed by atoms with E-state index in [1.165, 1.54) is 0 Å². The first kappa shape index (κ1) is 18.4. The number of piperidine rings is 2. The molecule has 0 aromatic rings. The SMILES string of the molecule is C=CCN1CCC(=NO)CC1.C=CCN1CCC(=NO)CC1. The number of rotatable bonds is 4. The van der Waals surface area contributed by atoms with Crippen LogP contribution >= 0.6 is 0 Å². The molecule has 2 aliphatic heterocycles. The quantitative estimate of drug-likeness (QED) is 0.474. The Kier molecular flexibility index (Phi) is 9.18. The number of hydrogen-bond acceptors (Lipinski definition) is 6. The third-order valence-electron chi connectivity index (χ3n) is 3.92. The predicted octanol–water partition coefficient (Wildman–Crippen LogP) is 2.20. The molecule has 22 heavy (non-hydrogen) atoms. The second kappa shape index (κ2) is 11.0. The smallest absolute Gasteiger partial charge is 0.0596 e. The van der Waals surface area contributed by atoms with Crippen LogP contribution in [-0.2, 0) is 0 Å². The van der Waals surface area contributed by atoms with Gasteiger partial charge in [0.1, 0.15) is 0 Å². The Hall–Kier alpha value is -1.66. The van der Waals surface area contributed by atoms with Crippen LogP contribution in [-0.4, -0.2) is 70.9 Å². The standard InChI is InChI=1S/2C8H14N2O/c2*1-2-5-10-6-3-8(9-11)4-7-10/h2*2,11H,1,3-7H2. The minimum atomic E-state index is 0.893. The van der Waals surface area contributed by atoms with Gasteiger partial charge in [0.25, 0.3) is 0 Å². The highest BCUT2D eigenvalue weighted by molar-refractivity contribution is 5.85. The van der Waals surface area contributed by atoms with Gasteiger partial charge in [-0.3, -0.25) is 9.80 Å². The van der Waals surface area contributed by atoms with Crippen LogP contribution in [0.5, 0.6) is 0 Å². The van der Waals surface area contributed by atoms with Crippen molar-refractivity contribution < 1.29 is 10.4 Å². The van der Waals surface area contributed by atoms with Gasteiger partial charge in [-0.2, -0.15) is 0 Å². The summed E-state index contributed by atoms with van der Waals surface area (Å²) < 4.78 is 0. The molecular weight excluding hydrogens is 280 g/mol. The molecule has 0 spiro atoms. The summed E-state index contributed by atoms with van der Waals surface area (Å²) in [6, 6.07) is 0. The zero-order valence-corrected chi connectivity index (χ0v) is 13.3. The highest BCUT2D eigenvalue weighted by Crippen LogP contribution is 2.06. The van der Waals surface area contributed by atoms with Gasteiger partial charge in [0, 0.05) is 65.0 Å². The van der Waals surface area contributed by atoms with E-state index in [0.29, 0.717) is 0 Å². The molecule has 2 fully saturated rings. The summed E-state index contributed by atoms with van der Waals surface area (Å²) >= 11 is 0. The van der Waals surface area contributed by atoms with Crippen LogP contribution in [0.2, 0.25) is 0 Å². The predicted molar refractivity (Wildman–Crippen MR) is 90.2 cm³/mol. The minimum Gasteiger partial charge on any atom is -0.411 e. The van der Waals surface area contributed by atoms with Gasteiger partial charge in [0.2, 0.25) is 0 Å². The van der Waals surface area contributed by atoms with Crippen LogP contribution in [0.4, 0.5) is 0 Å². The van der Waals surface area contributed by atoms with Gasteiger partial charge in [-0.25, -0.2) is 0 Å². The van der Waals surface area contributed by atoms with Crippen molar-refractivity contribution in [3.05, 3.63) is 25.3 Å². The van der Waals surface area contributed by atoms with Crippen LogP contribution in [0.3, 0.4) is 0 Å². The summed E-state index contributed by atoms with van der Waals surface area (Å²) in [7, 11) is 0. The average Bonchev–Trinajstić information content (AvgIpc) is 2.57. The average molecular weight is 308 g/mol. The molecule has 0 saturated carbocycles. The second-order valence-electron chi connectivity index (χ2n) is 5.51. The van der Waals surface area contributed by atoms with Gasteiger partial charge in [-0.1, -0.05) is 22.5 Å². The highest BCUT2D eigenvalue weighted by atomic mass is 16.4. The molecule has 2 aliphatic rings. The van der Waals surface area contributed by atoms with E-state index in [4.69, 9.17) is 10.4 Å². The third-order valence-corrected chi connectivity index (χ3v) is 3.92. The van der Waals surface area contributed by atoms with E-state index in [9.17, 15) is 0 Å². The van der Waals surface area contributed by atoms with Gasteiger partial charge < -0.3 is 10.4 Å². The lowest BCUT2D eigenvalue weighted by Crippen LogP contribution is -2.33. The van der Waals surface area contributed by atoms with Crippen molar-refractivity contribution in [1.82, 2.24) is 9.80 Å². The maximum atomic E-state index is 8.46. The number of hydrogen-bond donors (Lipinski definition) is 2. The summed E-state index contributed by atoms with van der Waals surface area (Å²) in [5.74, 6) is 0. The first-order valence-corrected chi connectivity index (χ1v) is 7.79. The maximum Gasteiger partial charge on any atom is 0.0596 e. The van der Waals surface area contributed by atoms with Crippen LogP contribution in [0.15, 0.2) is 35.6 Å². The Morgan fingerprint density at radius 3 is 1.32 bits per heavy atom. The first-order valence-electron chi connectivity index (χ1n) is 7.79. The lowest BCUT2D eigenvalue weighted by Gasteiger charge is -2.25. The lowest BCUT2D eigenvalue weighted by atomic mass is 10.1. The lowest BCUT2D eigenvalue weighted by molar-refractivity contribution is 0.283. The zero-order valence-electron chi connectivity index (χ0n) is 13.3. The van der Waals surface area contributed by atoms with Crippen molar-refractivity contribution in [2.45, 2.75) is 25.7 Å². The number of likely N-dealkylation sites (tertiary alicyclic amines) is 2. The highest BCUT2D eigenvalue weighted by Gasteiger charge is 2.13. The molecule has 0 amide bonds. The molecule has 124 valence electrons. The maximum absolute atomic E-state index is 8.46. The molecule has 0 aromatic carbocycles. The van der Waals surface area contributed by atoms with E-state index < -0.39 is 0 Å². The Bertz CT molecular complexity index is 349. The molecule has 0 radical (unpaired) electrons. The van der Waals surface area contributed by atoms with Crippen LogP contribution in [0.1, 0.15) is 25.7 Å². The molecular formula is C16H28N4O2. The molecule has 6 heteroatoms. The fourth-order valence-electron chi connectivity index (χ4n) is 2.55. The Balaban J connectivity index is 0.000000220. The Morgan fingerprint density at radius 2 is 1.09 bits per heavy atom. The van der Waals surface area contributed by atoms with E-state index in [1.54, 1.807) is 0 Å². The molecule has 2 N–H and O–H groups in total. The van der Waals surface area contributed by atoms with Crippen molar-refractivity contribution in [3.63, 3.8) is 0 Å². The van der Waals surface area contributed by atoms with E-state index in [1.807, 2.05) is 12.2 Å². The first-order chi connectivity index (χ1) is 10.7. The Labute approximate surface area is 133 Å². The summed E-state index contributed by atoms with van der Waals surface area (Å²) in [6.07, 6.45) is 7.38. The summed E-state index contributed by atoms with van der Waals surface area (Å²) in [4.78, 5) is 4.59. The largest absolute Gasteiger partial charge is 0.411 e. The molecule has 0 aliphatic carbocycles. The monoisotopic (exact) mass is 308 g/mol. The van der Waals surface area contributed by atoms with Crippen molar-refractivity contribution in [2.24, 2.45) is 10.3 Å². The number of nitrogens with zero attached hydrogens (tertiary/aromatic N) is 4. The van der Waals surface area contributed by atoms with Crippen molar-refractivity contribution in [1.29, 1.82) is 0 Å². The third kappa shape index (κ3) is 6.87. The van der Waals surface area contributed by atoms with Crippen LogP contribution in [0, 0.1) is 0 Å². The summed E-state index contributed by atoms with van der Waals surface area (Å²) in [5, 5.41) is 23.3. The molecule has 0 aromatic heterocycles. The fourth-order valence-corrected chi connectivity index (χ4v) is 2.55. The van der Waals surface area contributed by atoms with Crippen molar-refractivity contribution >= 4 is 11.4 Å². The Morgan fingerprint density at radius 1 is 0.773 bits per heavy atom. The van der Waals surface area contributed by atoms with Gasteiger partial charge in [0.15, 0.2) is 0 Å². The van der Waals surface area contributed by atoms with Gasteiger partial charge >= 0.3 is 0 Å². The number of oxime groups is 2. The summed E-state index contributed by atoms with van der Waals surface area (Å²) in [6.45, 7) is 13.2. The normalized spacial score (nSPS) is 19.8. The molecule has 6 nitrogen and oxygen atoms in total. The zero-order chi connectivity index (χ0) is 16.2. The van der Waals surface area contributed by atoms with Gasteiger partial charge in [-0.05, 0) is 0 Å². The van der Waals surface area contributed by atoms with E-state index in [-0.39, 0.29) is 0 Å².